The van der Waals surface area contributed by atoms with Crippen LogP contribution in [0.1, 0.15) is 40.5 Å². The Labute approximate surface area is 143 Å². The lowest BCUT2D eigenvalue weighted by Gasteiger charge is -2.24. The molecular formula is C19H17BrN2O. The molecule has 0 spiro atoms. The number of halogens is 1. The number of rotatable bonds is 2. The van der Waals surface area contributed by atoms with Crippen molar-refractivity contribution in [1.29, 1.82) is 0 Å². The number of fused-ring (bicyclic) bond motifs is 3. The van der Waals surface area contributed by atoms with E-state index < -0.39 is 0 Å². The van der Waals surface area contributed by atoms with Crippen molar-refractivity contribution in [3.8, 4) is 0 Å². The third-order valence-corrected chi connectivity index (χ3v) is 5.00. The van der Waals surface area contributed by atoms with Gasteiger partial charge in [0.05, 0.1) is 6.04 Å². The van der Waals surface area contributed by atoms with Gasteiger partial charge in [0, 0.05) is 26.6 Å². The molecule has 116 valence electrons. The number of aromatic amines is 1. The Morgan fingerprint density at radius 1 is 1.17 bits per heavy atom. The van der Waals surface area contributed by atoms with Crippen LogP contribution in [0.2, 0.25) is 0 Å². The summed E-state index contributed by atoms with van der Waals surface area (Å²) < 4.78 is 1.09. The van der Waals surface area contributed by atoms with Gasteiger partial charge >= 0.3 is 0 Å². The minimum absolute atomic E-state index is 0.0108. The summed E-state index contributed by atoms with van der Waals surface area (Å²) in [4.78, 5) is 16.0. The van der Waals surface area contributed by atoms with Crippen molar-refractivity contribution in [2.75, 3.05) is 0 Å². The van der Waals surface area contributed by atoms with Gasteiger partial charge in [-0.05, 0) is 55.2 Å². The average molecular weight is 369 g/mol. The third-order valence-electron chi connectivity index (χ3n) is 4.51. The van der Waals surface area contributed by atoms with Gasteiger partial charge in [-0.2, -0.15) is 0 Å². The Morgan fingerprint density at radius 3 is 2.83 bits per heavy atom. The van der Waals surface area contributed by atoms with Crippen LogP contribution in [0.15, 0.2) is 53.0 Å². The molecule has 4 rings (SSSR count). The number of H-pyrrole nitrogens is 1. The largest absolute Gasteiger partial charge is 0.356 e. The van der Waals surface area contributed by atoms with Crippen molar-refractivity contribution in [1.82, 2.24) is 10.3 Å². The van der Waals surface area contributed by atoms with Crippen molar-refractivity contribution in [3.05, 3.63) is 69.8 Å². The Hall–Kier alpha value is -2.07. The monoisotopic (exact) mass is 368 g/mol. The van der Waals surface area contributed by atoms with E-state index in [4.69, 9.17) is 0 Å². The summed E-state index contributed by atoms with van der Waals surface area (Å²) in [5, 5.41) is 4.44. The molecule has 1 aromatic heterocycles. The molecular weight excluding hydrogens is 352 g/mol. The quantitative estimate of drug-likeness (QED) is 0.674. The van der Waals surface area contributed by atoms with E-state index in [-0.39, 0.29) is 11.9 Å². The van der Waals surface area contributed by atoms with E-state index >= 15 is 0 Å². The number of aromatic nitrogens is 1. The maximum absolute atomic E-state index is 12.5. The van der Waals surface area contributed by atoms with Gasteiger partial charge in [-0.3, -0.25) is 4.79 Å². The molecule has 23 heavy (non-hydrogen) atoms. The van der Waals surface area contributed by atoms with Gasteiger partial charge in [0.25, 0.3) is 5.91 Å². The van der Waals surface area contributed by atoms with Crippen molar-refractivity contribution in [2.24, 2.45) is 0 Å². The van der Waals surface area contributed by atoms with Crippen LogP contribution < -0.4 is 5.32 Å². The van der Waals surface area contributed by atoms with Crippen LogP contribution in [0.4, 0.5) is 0 Å². The van der Waals surface area contributed by atoms with Gasteiger partial charge in [-0.1, -0.05) is 34.1 Å². The predicted octanol–water partition coefficient (Wildman–Crippen LogP) is 4.74. The maximum Gasteiger partial charge on any atom is 0.251 e. The van der Waals surface area contributed by atoms with E-state index in [9.17, 15) is 4.79 Å². The zero-order valence-electron chi connectivity index (χ0n) is 12.6. The zero-order chi connectivity index (χ0) is 15.8. The molecule has 3 nitrogen and oxygen atoms in total. The average Bonchev–Trinajstić information content (AvgIpc) is 2.95. The Kier molecular flexibility index (Phi) is 3.69. The van der Waals surface area contributed by atoms with Crippen molar-refractivity contribution < 1.29 is 4.79 Å². The molecule has 1 heterocycles. The van der Waals surface area contributed by atoms with Crippen molar-refractivity contribution in [2.45, 2.75) is 25.3 Å². The molecule has 4 heteroatoms. The molecule has 0 aliphatic heterocycles. The highest BCUT2D eigenvalue weighted by atomic mass is 79.9. The van der Waals surface area contributed by atoms with Crippen LogP contribution in [-0.2, 0) is 6.42 Å². The van der Waals surface area contributed by atoms with E-state index in [2.05, 4.69) is 38.4 Å². The lowest BCUT2D eigenvalue weighted by Crippen LogP contribution is -2.31. The number of hydrogen-bond donors (Lipinski definition) is 2. The predicted molar refractivity (Wildman–Crippen MR) is 95.6 cm³/mol. The number of aryl methyl sites for hydroxylation is 1. The molecule has 1 atom stereocenters. The summed E-state index contributed by atoms with van der Waals surface area (Å²) in [7, 11) is 0. The third kappa shape index (κ3) is 2.68. The van der Waals surface area contributed by atoms with Crippen LogP contribution in [0, 0.1) is 0 Å². The molecule has 0 fully saturated rings. The first-order chi connectivity index (χ1) is 11.2. The van der Waals surface area contributed by atoms with Crippen molar-refractivity contribution in [3.63, 3.8) is 0 Å². The van der Waals surface area contributed by atoms with Gasteiger partial charge in [-0.15, -0.1) is 0 Å². The van der Waals surface area contributed by atoms with Gasteiger partial charge in [0.2, 0.25) is 0 Å². The van der Waals surface area contributed by atoms with Crippen LogP contribution >= 0.6 is 15.9 Å². The SMILES string of the molecule is O=C(N[C@@H]1CCCc2c1[nH]c1ccc(Br)cc21)c1ccccc1. The molecule has 1 aliphatic carbocycles. The van der Waals surface area contributed by atoms with Gasteiger partial charge in [-0.25, -0.2) is 0 Å². The molecule has 1 aliphatic rings. The smallest absolute Gasteiger partial charge is 0.251 e. The van der Waals surface area contributed by atoms with Crippen LogP contribution in [-0.4, -0.2) is 10.9 Å². The normalized spacial score (nSPS) is 17.0. The fraction of sp³-hybridized carbons (Fsp3) is 0.211. The number of carbonyl (C=O) groups is 1. The zero-order valence-corrected chi connectivity index (χ0v) is 14.2. The second-order valence-electron chi connectivity index (χ2n) is 5.99. The lowest BCUT2D eigenvalue weighted by atomic mass is 9.91. The standard InChI is InChI=1S/C19H17BrN2O/c20-13-9-10-16-15(11-13)14-7-4-8-17(18(14)21-16)22-19(23)12-5-2-1-3-6-12/h1-3,5-6,9-11,17,21H,4,7-8H2,(H,22,23)/t17-/m1/s1. The van der Waals surface area contributed by atoms with Gasteiger partial charge in [0.15, 0.2) is 0 Å². The molecule has 0 saturated carbocycles. The number of amides is 1. The maximum atomic E-state index is 12.5. The van der Waals surface area contributed by atoms with E-state index in [0.29, 0.717) is 5.56 Å². The highest BCUT2D eigenvalue weighted by molar-refractivity contribution is 9.10. The fourth-order valence-electron chi connectivity index (χ4n) is 3.41. The molecule has 0 bridgehead atoms. The van der Waals surface area contributed by atoms with Crippen molar-refractivity contribution >= 4 is 32.7 Å². The molecule has 1 amide bonds. The van der Waals surface area contributed by atoms with Gasteiger partial charge in [0.1, 0.15) is 0 Å². The van der Waals surface area contributed by atoms with Crippen LogP contribution in [0.25, 0.3) is 10.9 Å². The number of hydrogen-bond acceptors (Lipinski definition) is 1. The fourth-order valence-corrected chi connectivity index (χ4v) is 3.77. The Balaban J connectivity index is 1.68. The Morgan fingerprint density at radius 2 is 2.00 bits per heavy atom. The minimum atomic E-state index is -0.0108. The summed E-state index contributed by atoms with van der Waals surface area (Å²) in [6.45, 7) is 0. The minimum Gasteiger partial charge on any atom is -0.356 e. The highest BCUT2D eigenvalue weighted by Gasteiger charge is 2.25. The van der Waals surface area contributed by atoms with Crippen LogP contribution in [0.3, 0.4) is 0 Å². The Bertz CT molecular complexity index is 870. The topological polar surface area (TPSA) is 44.9 Å². The number of carbonyl (C=O) groups excluding carboxylic acids is 1. The lowest BCUT2D eigenvalue weighted by molar-refractivity contribution is 0.0932. The molecule has 3 aromatic rings. The summed E-state index contributed by atoms with van der Waals surface area (Å²) >= 11 is 3.55. The molecule has 0 unspecified atom stereocenters. The van der Waals surface area contributed by atoms with Gasteiger partial charge < -0.3 is 10.3 Å². The summed E-state index contributed by atoms with van der Waals surface area (Å²) in [5.74, 6) is -0.0108. The first-order valence-electron chi connectivity index (χ1n) is 7.88. The summed E-state index contributed by atoms with van der Waals surface area (Å²) in [6, 6.07) is 15.7. The molecule has 2 aromatic carbocycles. The van der Waals surface area contributed by atoms with E-state index in [1.165, 1.54) is 10.9 Å². The number of benzene rings is 2. The first-order valence-corrected chi connectivity index (χ1v) is 8.67. The molecule has 0 saturated heterocycles. The molecule has 0 radical (unpaired) electrons. The molecule has 2 N–H and O–H groups in total. The summed E-state index contributed by atoms with van der Waals surface area (Å²) in [6.07, 6.45) is 3.12. The number of nitrogens with one attached hydrogen (secondary N) is 2. The van der Waals surface area contributed by atoms with E-state index in [0.717, 1.165) is 34.9 Å². The first kappa shape index (κ1) is 14.5. The van der Waals surface area contributed by atoms with E-state index in [1.54, 1.807) is 0 Å². The second-order valence-corrected chi connectivity index (χ2v) is 6.91. The van der Waals surface area contributed by atoms with Crippen LogP contribution in [0.5, 0.6) is 0 Å². The summed E-state index contributed by atoms with van der Waals surface area (Å²) in [5.41, 5.74) is 4.34. The second kappa shape index (κ2) is 5.85. The van der Waals surface area contributed by atoms with E-state index in [1.807, 2.05) is 36.4 Å². The highest BCUT2D eigenvalue weighted by Crippen LogP contribution is 2.35.